The fourth-order valence-corrected chi connectivity index (χ4v) is 1.31. The van der Waals surface area contributed by atoms with Crippen molar-refractivity contribution in [2.24, 2.45) is 5.92 Å². The number of hydrogen-bond acceptors (Lipinski definition) is 3. The van der Waals surface area contributed by atoms with E-state index >= 15 is 0 Å². The van der Waals surface area contributed by atoms with E-state index in [1.807, 2.05) is 0 Å². The molecule has 0 radical (unpaired) electrons. The molecule has 4 heteroatoms. The van der Waals surface area contributed by atoms with Gasteiger partial charge in [0.1, 0.15) is 5.83 Å². The van der Waals surface area contributed by atoms with Crippen LogP contribution in [0.5, 0.6) is 0 Å². The highest BCUT2D eigenvalue weighted by molar-refractivity contribution is 6.08. The van der Waals surface area contributed by atoms with Crippen LogP contribution in [0.15, 0.2) is 23.6 Å². The number of ether oxygens (including phenoxy) is 1. The first kappa shape index (κ1) is 7.21. The van der Waals surface area contributed by atoms with Gasteiger partial charge in [0.15, 0.2) is 0 Å². The molecule has 2 aliphatic rings. The van der Waals surface area contributed by atoms with E-state index in [0.29, 0.717) is 0 Å². The molecule has 0 aromatic rings. The normalized spacial score (nSPS) is 27.6. The van der Waals surface area contributed by atoms with Gasteiger partial charge in [0.05, 0.1) is 11.5 Å². The Hall–Kier alpha value is -1.45. The van der Waals surface area contributed by atoms with E-state index in [2.05, 4.69) is 4.74 Å². The smallest absolute Gasteiger partial charge is 0.342 e. The van der Waals surface area contributed by atoms with Gasteiger partial charge in [-0.15, -0.1) is 0 Å². The van der Waals surface area contributed by atoms with E-state index in [4.69, 9.17) is 0 Å². The van der Waals surface area contributed by atoms with Crippen LogP contribution in [0.2, 0.25) is 0 Å². The standard InChI is InChI=1S/C8H5FO3/c9-4-1-2-5-6(3-4)8(11)12-7(5)10/h1-2,6H,3H2. The fraction of sp³-hybridized carbons (Fsp3) is 0.250. The Morgan fingerprint density at radius 3 is 2.92 bits per heavy atom. The number of rotatable bonds is 0. The summed E-state index contributed by atoms with van der Waals surface area (Å²) in [6, 6.07) is 0. The van der Waals surface area contributed by atoms with Crippen LogP contribution in [0.4, 0.5) is 4.39 Å². The molecular formula is C8H5FO3. The average molecular weight is 168 g/mol. The quantitative estimate of drug-likeness (QED) is 0.398. The molecule has 1 unspecified atom stereocenters. The third kappa shape index (κ3) is 0.879. The molecule has 1 heterocycles. The molecule has 1 atom stereocenters. The number of carbonyl (C=O) groups is 2. The van der Waals surface area contributed by atoms with Crippen LogP contribution in [0.3, 0.4) is 0 Å². The number of allylic oxidation sites excluding steroid dienone is 3. The van der Waals surface area contributed by atoms with E-state index < -0.39 is 23.7 Å². The first-order valence-corrected chi connectivity index (χ1v) is 3.51. The first-order valence-electron chi connectivity index (χ1n) is 3.51. The highest BCUT2D eigenvalue weighted by atomic mass is 19.1. The molecule has 0 spiro atoms. The minimum atomic E-state index is -0.706. The zero-order valence-electron chi connectivity index (χ0n) is 6.04. The molecule has 0 aromatic carbocycles. The fourth-order valence-electron chi connectivity index (χ4n) is 1.31. The summed E-state index contributed by atoms with van der Waals surface area (Å²) in [5.74, 6) is -2.39. The van der Waals surface area contributed by atoms with Crippen LogP contribution in [0.25, 0.3) is 0 Å². The second kappa shape index (κ2) is 2.27. The van der Waals surface area contributed by atoms with E-state index in [1.165, 1.54) is 12.2 Å². The summed E-state index contributed by atoms with van der Waals surface area (Å²) in [6.45, 7) is 0. The molecule has 2 rings (SSSR count). The van der Waals surface area contributed by atoms with Crippen molar-refractivity contribution < 1.29 is 18.7 Å². The van der Waals surface area contributed by atoms with Crippen LogP contribution in [-0.4, -0.2) is 11.9 Å². The summed E-state index contributed by atoms with van der Waals surface area (Å²) in [6.07, 6.45) is 2.44. The second-order valence-corrected chi connectivity index (χ2v) is 2.70. The Kier molecular flexibility index (Phi) is 1.36. The largest absolute Gasteiger partial charge is 0.389 e. The molecule has 0 bridgehead atoms. The molecule has 1 fully saturated rings. The predicted octanol–water partition coefficient (Wildman–Crippen LogP) is 0.869. The molecular weight excluding hydrogens is 163 g/mol. The number of esters is 2. The van der Waals surface area contributed by atoms with Gasteiger partial charge in [0.2, 0.25) is 0 Å². The second-order valence-electron chi connectivity index (χ2n) is 2.70. The molecule has 0 amide bonds. The molecule has 1 aliphatic carbocycles. The molecule has 3 nitrogen and oxygen atoms in total. The van der Waals surface area contributed by atoms with Gasteiger partial charge in [-0.25, -0.2) is 9.18 Å². The van der Waals surface area contributed by atoms with Gasteiger partial charge in [0, 0.05) is 6.42 Å². The third-order valence-corrected chi connectivity index (χ3v) is 1.93. The molecule has 1 aliphatic heterocycles. The highest BCUT2D eigenvalue weighted by Gasteiger charge is 2.40. The van der Waals surface area contributed by atoms with Crippen LogP contribution in [0, 0.1) is 5.92 Å². The summed E-state index contributed by atoms with van der Waals surface area (Å²) in [7, 11) is 0. The third-order valence-electron chi connectivity index (χ3n) is 1.93. The monoisotopic (exact) mass is 168 g/mol. The number of fused-ring (bicyclic) bond motifs is 1. The van der Waals surface area contributed by atoms with Gasteiger partial charge in [-0.2, -0.15) is 0 Å². The van der Waals surface area contributed by atoms with Gasteiger partial charge in [-0.05, 0) is 12.2 Å². The van der Waals surface area contributed by atoms with E-state index in [0.717, 1.165) is 0 Å². The molecule has 0 saturated carbocycles. The maximum atomic E-state index is 12.6. The molecule has 12 heavy (non-hydrogen) atoms. The maximum absolute atomic E-state index is 12.6. The lowest BCUT2D eigenvalue weighted by atomic mass is 9.93. The lowest BCUT2D eigenvalue weighted by molar-refractivity contribution is -0.152. The van der Waals surface area contributed by atoms with E-state index in [1.54, 1.807) is 0 Å². The van der Waals surface area contributed by atoms with Crippen molar-refractivity contribution in [2.75, 3.05) is 0 Å². The number of cyclic esters (lactones) is 2. The van der Waals surface area contributed by atoms with Crippen LogP contribution in [-0.2, 0) is 14.3 Å². The maximum Gasteiger partial charge on any atom is 0.342 e. The van der Waals surface area contributed by atoms with Crippen LogP contribution < -0.4 is 0 Å². The number of halogens is 1. The van der Waals surface area contributed by atoms with Crippen molar-refractivity contribution in [3.63, 3.8) is 0 Å². The Labute approximate surface area is 67.5 Å². The number of hydrogen-bond donors (Lipinski definition) is 0. The van der Waals surface area contributed by atoms with Crippen molar-refractivity contribution in [1.29, 1.82) is 0 Å². The van der Waals surface area contributed by atoms with Crippen molar-refractivity contribution in [3.8, 4) is 0 Å². The van der Waals surface area contributed by atoms with Gasteiger partial charge >= 0.3 is 11.9 Å². The summed E-state index contributed by atoms with van der Waals surface area (Å²) >= 11 is 0. The Morgan fingerprint density at radius 1 is 1.42 bits per heavy atom. The molecule has 62 valence electrons. The summed E-state index contributed by atoms with van der Waals surface area (Å²) in [5.41, 5.74) is 0.265. The summed E-state index contributed by atoms with van der Waals surface area (Å²) in [5, 5.41) is 0. The summed E-state index contributed by atoms with van der Waals surface area (Å²) < 4.78 is 16.9. The van der Waals surface area contributed by atoms with Gasteiger partial charge < -0.3 is 4.74 Å². The zero-order chi connectivity index (χ0) is 8.72. The molecule has 1 saturated heterocycles. The Balaban J connectivity index is 2.41. The Morgan fingerprint density at radius 2 is 2.17 bits per heavy atom. The molecule has 0 aromatic heterocycles. The lowest BCUT2D eigenvalue weighted by Crippen LogP contribution is -2.11. The SMILES string of the molecule is O=C1OC(=O)C2CC(F)=CC=C12. The summed E-state index contributed by atoms with van der Waals surface area (Å²) in [4.78, 5) is 21.7. The van der Waals surface area contributed by atoms with Gasteiger partial charge in [-0.3, -0.25) is 4.79 Å². The van der Waals surface area contributed by atoms with Crippen LogP contribution in [0.1, 0.15) is 6.42 Å². The van der Waals surface area contributed by atoms with Crippen molar-refractivity contribution >= 4 is 11.9 Å². The van der Waals surface area contributed by atoms with Gasteiger partial charge in [0.25, 0.3) is 0 Å². The van der Waals surface area contributed by atoms with Crippen molar-refractivity contribution in [3.05, 3.63) is 23.6 Å². The van der Waals surface area contributed by atoms with Crippen molar-refractivity contribution in [2.45, 2.75) is 6.42 Å². The lowest BCUT2D eigenvalue weighted by Gasteiger charge is -2.07. The highest BCUT2D eigenvalue weighted by Crippen LogP contribution is 2.32. The minimum Gasteiger partial charge on any atom is -0.389 e. The predicted molar refractivity (Wildman–Crippen MR) is 36.5 cm³/mol. The van der Waals surface area contributed by atoms with E-state index in [-0.39, 0.29) is 12.0 Å². The minimum absolute atomic E-state index is 0.0452. The van der Waals surface area contributed by atoms with Gasteiger partial charge in [-0.1, -0.05) is 0 Å². The Bertz CT molecular complexity index is 327. The van der Waals surface area contributed by atoms with E-state index in [9.17, 15) is 14.0 Å². The first-order chi connectivity index (χ1) is 5.68. The van der Waals surface area contributed by atoms with Crippen molar-refractivity contribution in [1.82, 2.24) is 0 Å². The van der Waals surface area contributed by atoms with Crippen LogP contribution >= 0.6 is 0 Å². The average Bonchev–Trinajstić information content (AvgIpc) is 2.28. The zero-order valence-corrected chi connectivity index (χ0v) is 6.04. The number of carbonyl (C=O) groups excluding carboxylic acids is 2. The molecule has 0 N–H and O–H groups in total. The topological polar surface area (TPSA) is 43.4 Å².